The van der Waals surface area contributed by atoms with Gasteiger partial charge in [0.2, 0.25) is 5.76 Å². The highest BCUT2D eigenvalue weighted by molar-refractivity contribution is 5.91. The number of hydrogen-bond donors (Lipinski definition) is 1. The first-order chi connectivity index (χ1) is 9.83. The van der Waals surface area contributed by atoms with Crippen LogP contribution in [0.25, 0.3) is 5.69 Å². The maximum absolute atomic E-state index is 11.6. The van der Waals surface area contributed by atoms with Gasteiger partial charge in [-0.15, -0.1) is 5.10 Å². The Morgan fingerprint density at radius 3 is 3.05 bits per heavy atom. The fourth-order valence-corrected chi connectivity index (χ4v) is 1.59. The number of aromatic nitrogens is 5. The minimum Gasteiger partial charge on any atom is -0.351 e. The molecule has 0 spiro atoms. The molecule has 100 valence electrons. The van der Waals surface area contributed by atoms with Crippen molar-refractivity contribution in [3.05, 3.63) is 54.4 Å². The Labute approximate surface area is 113 Å². The molecule has 0 saturated carbocycles. The molecule has 8 nitrogen and oxygen atoms in total. The number of carbonyl (C=O) groups is 1. The summed E-state index contributed by atoms with van der Waals surface area (Å²) in [6, 6.07) is 5.16. The van der Waals surface area contributed by atoms with E-state index in [0.717, 1.165) is 5.69 Å². The largest absolute Gasteiger partial charge is 0.351 e. The zero-order chi connectivity index (χ0) is 13.8. The van der Waals surface area contributed by atoms with E-state index in [9.17, 15) is 4.79 Å². The summed E-state index contributed by atoms with van der Waals surface area (Å²) in [6.07, 6.45) is 6.48. The van der Waals surface area contributed by atoms with Crippen LogP contribution in [0.4, 0.5) is 0 Å². The van der Waals surface area contributed by atoms with Crippen molar-refractivity contribution in [2.24, 2.45) is 0 Å². The molecule has 3 aromatic heterocycles. The molecular weight excluding hydrogens is 260 g/mol. The summed E-state index contributed by atoms with van der Waals surface area (Å²) in [4.78, 5) is 15.6. The first-order valence-electron chi connectivity index (χ1n) is 5.83. The molecule has 3 heterocycles. The Morgan fingerprint density at radius 2 is 2.30 bits per heavy atom. The molecule has 0 aliphatic rings. The maximum atomic E-state index is 11.6. The zero-order valence-electron chi connectivity index (χ0n) is 10.3. The topological polar surface area (TPSA) is 98.7 Å². The monoisotopic (exact) mass is 270 g/mol. The van der Waals surface area contributed by atoms with Crippen molar-refractivity contribution < 1.29 is 9.32 Å². The van der Waals surface area contributed by atoms with Crippen molar-refractivity contribution in [2.45, 2.75) is 6.54 Å². The molecule has 20 heavy (non-hydrogen) atoms. The average Bonchev–Trinajstić information content (AvgIpc) is 3.17. The number of nitrogens with one attached hydrogen (secondary N) is 1. The second kappa shape index (κ2) is 5.31. The van der Waals surface area contributed by atoms with Crippen molar-refractivity contribution in [1.29, 1.82) is 0 Å². The molecule has 0 atom stereocenters. The van der Waals surface area contributed by atoms with Gasteiger partial charge in [0.25, 0.3) is 5.91 Å². The first kappa shape index (κ1) is 12.0. The van der Waals surface area contributed by atoms with Gasteiger partial charge in [0, 0.05) is 12.3 Å². The number of nitrogens with zero attached hydrogens (tertiary/aromatic N) is 5. The van der Waals surface area contributed by atoms with Crippen LogP contribution in [0.1, 0.15) is 16.2 Å². The van der Waals surface area contributed by atoms with Crippen LogP contribution in [0.15, 0.2) is 47.5 Å². The quantitative estimate of drug-likeness (QED) is 0.744. The molecule has 1 amide bonds. The Morgan fingerprint density at radius 1 is 1.35 bits per heavy atom. The van der Waals surface area contributed by atoms with Crippen molar-refractivity contribution >= 4 is 5.91 Å². The highest BCUT2D eigenvalue weighted by atomic mass is 16.5. The fraction of sp³-hybridized carbons (Fsp3) is 0.0833. The number of pyridine rings is 1. The number of hydrogen-bond acceptors (Lipinski definition) is 6. The van der Waals surface area contributed by atoms with Crippen LogP contribution in [0.2, 0.25) is 0 Å². The van der Waals surface area contributed by atoms with Crippen LogP contribution >= 0.6 is 0 Å². The van der Waals surface area contributed by atoms with E-state index in [4.69, 9.17) is 4.52 Å². The van der Waals surface area contributed by atoms with Crippen LogP contribution < -0.4 is 5.32 Å². The van der Waals surface area contributed by atoms with E-state index in [1.165, 1.54) is 12.3 Å². The molecule has 0 radical (unpaired) electrons. The smallest absolute Gasteiger partial charge is 0.290 e. The summed E-state index contributed by atoms with van der Waals surface area (Å²) in [5, 5.41) is 14.1. The third-order valence-corrected chi connectivity index (χ3v) is 2.54. The first-order valence-corrected chi connectivity index (χ1v) is 5.83. The van der Waals surface area contributed by atoms with Crippen molar-refractivity contribution in [2.75, 3.05) is 0 Å². The number of rotatable bonds is 4. The van der Waals surface area contributed by atoms with Crippen LogP contribution in [0.3, 0.4) is 0 Å². The van der Waals surface area contributed by atoms with Gasteiger partial charge in [0.15, 0.2) is 0 Å². The van der Waals surface area contributed by atoms with Crippen molar-refractivity contribution in [3.63, 3.8) is 0 Å². The minimum absolute atomic E-state index is 0.157. The SMILES string of the molecule is O=C(NCc1cn(-c2cccnc2)nn1)c1ccno1. The van der Waals surface area contributed by atoms with Gasteiger partial charge in [0.05, 0.1) is 30.8 Å². The summed E-state index contributed by atoms with van der Waals surface area (Å²) in [5.41, 5.74) is 1.43. The van der Waals surface area contributed by atoms with Crippen molar-refractivity contribution in [3.8, 4) is 5.69 Å². The average molecular weight is 270 g/mol. The molecule has 0 bridgehead atoms. The van der Waals surface area contributed by atoms with E-state index in [1.807, 2.05) is 12.1 Å². The van der Waals surface area contributed by atoms with Gasteiger partial charge >= 0.3 is 0 Å². The van der Waals surface area contributed by atoms with Gasteiger partial charge in [0.1, 0.15) is 5.69 Å². The predicted octanol–water partition coefficient (Wildman–Crippen LogP) is 0.580. The molecule has 0 fully saturated rings. The molecule has 0 saturated heterocycles. The third kappa shape index (κ3) is 2.53. The second-order valence-corrected chi connectivity index (χ2v) is 3.93. The number of carbonyl (C=O) groups excluding carboxylic acids is 1. The fourth-order valence-electron chi connectivity index (χ4n) is 1.59. The highest BCUT2D eigenvalue weighted by Crippen LogP contribution is 2.04. The molecule has 3 rings (SSSR count). The Bertz CT molecular complexity index is 692. The molecule has 0 aliphatic carbocycles. The standard InChI is InChI=1S/C12H10N6O2/c19-12(11-3-5-15-20-11)14-6-9-8-18(17-16-9)10-2-1-4-13-7-10/h1-5,7-8H,6H2,(H,14,19). The lowest BCUT2D eigenvalue weighted by atomic mass is 10.4. The summed E-state index contributed by atoms with van der Waals surface area (Å²) < 4.78 is 6.33. The lowest BCUT2D eigenvalue weighted by Gasteiger charge is -1.98. The van der Waals surface area contributed by atoms with Crippen LogP contribution in [-0.2, 0) is 6.54 Å². The van der Waals surface area contributed by atoms with E-state index in [2.05, 4.69) is 25.8 Å². The van der Waals surface area contributed by atoms with Crippen LogP contribution in [0, 0.1) is 0 Å². The maximum Gasteiger partial charge on any atom is 0.290 e. The minimum atomic E-state index is -0.349. The van der Waals surface area contributed by atoms with E-state index in [0.29, 0.717) is 5.69 Å². The van der Waals surface area contributed by atoms with E-state index in [-0.39, 0.29) is 18.2 Å². The Kier molecular flexibility index (Phi) is 3.19. The second-order valence-electron chi connectivity index (χ2n) is 3.93. The van der Waals surface area contributed by atoms with Gasteiger partial charge in [-0.05, 0) is 12.1 Å². The third-order valence-electron chi connectivity index (χ3n) is 2.54. The molecular formula is C12H10N6O2. The molecule has 0 aliphatic heterocycles. The lowest BCUT2D eigenvalue weighted by Crippen LogP contribution is -2.22. The predicted molar refractivity (Wildman–Crippen MR) is 66.8 cm³/mol. The Hall–Kier alpha value is -3.03. The molecule has 0 aromatic carbocycles. The highest BCUT2D eigenvalue weighted by Gasteiger charge is 2.10. The summed E-state index contributed by atoms with van der Waals surface area (Å²) in [5.74, 6) is -0.192. The van der Waals surface area contributed by atoms with E-state index >= 15 is 0 Å². The van der Waals surface area contributed by atoms with Gasteiger partial charge in [-0.3, -0.25) is 9.78 Å². The summed E-state index contributed by atoms with van der Waals surface area (Å²) in [6.45, 7) is 0.250. The van der Waals surface area contributed by atoms with Gasteiger partial charge < -0.3 is 9.84 Å². The summed E-state index contributed by atoms with van der Waals surface area (Å²) in [7, 11) is 0. The molecule has 3 aromatic rings. The van der Waals surface area contributed by atoms with Gasteiger partial charge in [-0.25, -0.2) is 4.68 Å². The van der Waals surface area contributed by atoms with Crippen LogP contribution in [0.5, 0.6) is 0 Å². The Balaban J connectivity index is 1.65. The summed E-state index contributed by atoms with van der Waals surface area (Å²) >= 11 is 0. The van der Waals surface area contributed by atoms with Gasteiger partial charge in [-0.1, -0.05) is 10.4 Å². The van der Waals surface area contributed by atoms with E-state index < -0.39 is 0 Å². The molecule has 8 heteroatoms. The normalized spacial score (nSPS) is 10.4. The van der Waals surface area contributed by atoms with E-state index in [1.54, 1.807) is 23.3 Å². The van der Waals surface area contributed by atoms with Crippen molar-refractivity contribution in [1.82, 2.24) is 30.5 Å². The molecule has 0 unspecified atom stereocenters. The van der Waals surface area contributed by atoms with Gasteiger partial charge in [-0.2, -0.15) is 0 Å². The zero-order valence-corrected chi connectivity index (χ0v) is 10.3. The number of amides is 1. The molecule has 1 N–H and O–H groups in total. The lowest BCUT2D eigenvalue weighted by molar-refractivity contribution is 0.0913. The van der Waals surface area contributed by atoms with Crippen LogP contribution in [-0.4, -0.2) is 31.0 Å².